The van der Waals surface area contributed by atoms with E-state index in [9.17, 15) is 55.9 Å². The van der Waals surface area contributed by atoms with Crippen molar-refractivity contribution in [1.29, 1.82) is 0 Å². The van der Waals surface area contributed by atoms with E-state index < -0.39 is 59.7 Å². The second-order valence-electron chi connectivity index (χ2n) is 39.5. The second-order valence-corrected chi connectivity index (χ2v) is 46.0. The van der Waals surface area contributed by atoms with Crippen LogP contribution in [0.1, 0.15) is 259 Å². The Hall–Kier alpha value is -11.3. The predicted octanol–water partition coefficient (Wildman–Crippen LogP) is 24.0. The molecule has 0 saturated carbocycles. The highest BCUT2D eigenvalue weighted by molar-refractivity contribution is 9.10. The average molecular weight is 2000 g/mol. The van der Waals surface area contributed by atoms with E-state index in [0.29, 0.717) is 73.0 Å². The topological polar surface area (TPSA) is 269 Å². The summed E-state index contributed by atoms with van der Waals surface area (Å²) in [4.78, 5) is 105. The summed E-state index contributed by atoms with van der Waals surface area (Å²) in [6, 6.07) is 55.7. The van der Waals surface area contributed by atoms with E-state index in [2.05, 4.69) is 97.0 Å². The molecule has 12 rings (SSSR count). The van der Waals surface area contributed by atoms with Gasteiger partial charge in [-0.3, -0.25) is 14.4 Å². The number of rotatable bonds is 19. The fraction of sp³-hybridized carbons (Fsp3) is 0.439. The van der Waals surface area contributed by atoms with E-state index in [1.54, 1.807) is 32.9 Å². The van der Waals surface area contributed by atoms with Crippen molar-refractivity contribution in [2.24, 2.45) is 29.4 Å². The van der Waals surface area contributed by atoms with Crippen molar-refractivity contribution in [1.82, 2.24) is 35.6 Å². The molecule has 0 bridgehead atoms. The zero-order valence-electron chi connectivity index (χ0n) is 80.3. The van der Waals surface area contributed by atoms with E-state index in [0.717, 1.165) is 113 Å². The highest BCUT2D eigenvalue weighted by Gasteiger charge is 2.35. The van der Waals surface area contributed by atoms with Crippen molar-refractivity contribution in [3.05, 3.63) is 282 Å². The highest BCUT2D eigenvalue weighted by atomic mass is 79.9. The molecule has 0 aromatic heterocycles. The SMILES string of the molecule is C#Cc1ccc(C(=O)NC(CC2CCN(C(=O)OC(C)(C)C)CC2)c2ccccc2)cc1F.CC(C)(C)OC(=O)N1CCC(CC(N)c2ccccc2)CC1.CC(C)(C)OC(=O)N1CCC(CC(NC(=O)c2ccc(Br)c(F)c2)c2ccccc2)CC1.CC(C)(C)OC(=O)N1CCC(CC(NC(=O)c2ccc(C#C[Si](C)(C)C)c(F)c2)c2ccccc2)CC1.O=C(O)c1ccc(Br)c(F)c1. The van der Waals surface area contributed by atoms with Gasteiger partial charge in [-0.1, -0.05) is 153 Å². The number of nitrogens with zero attached hydrogens (tertiary/aromatic N) is 4. The van der Waals surface area contributed by atoms with E-state index in [1.165, 1.54) is 54.1 Å². The number of carboxylic acids is 1. The maximum absolute atomic E-state index is 14.7. The molecule has 135 heavy (non-hydrogen) atoms. The van der Waals surface area contributed by atoms with Crippen molar-refractivity contribution in [3.8, 4) is 23.8 Å². The smallest absolute Gasteiger partial charge is 0.410 e. The van der Waals surface area contributed by atoms with Crippen LogP contribution in [0, 0.1) is 70.7 Å². The molecular formula is C107H132Br2F4N8O13Si. The lowest BCUT2D eigenvalue weighted by atomic mass is 9.87. The molecule has 4 fully saturated rings. The van der Waals surface area contributed by atoms with Gasteiger partial charge in [-0.2, -0.15) is 0 Å². The number of likely N-dealkylation sites (tertiary alicyclic amines) is 4. The number of amides is 7. The monoisotopic (exact) mass is 2000 g/mol. The Kier molecular flexibility index (Phi) is 41.2. The quantitative estimate of drug-likeness (QED) is 0.0218. The third-order valence-electron chi connectivity index (χ3n) is 22.6. The first-order valence-corrected chi connectivity index (χ1v) is 51.2. The molecule has 28 heteroatoms. The summed E-state index contributed by atoms with van der Waals surface area (Å²) in [6.07, 6.45) is 14.4. The fourth-order valence-electron chi connectivity index (χ4n) is 15.6. The van der Waals surface area contributed by atoms with Gasteiger partial charge in [-0.25, -0.2) is 41.5 Å². The number of carbonyl (C=O) groups is 8. The number of carbonyl (C=O) groups excluding carboxylic acids is 7. The van der Waals surface area contributed by atoms with Crippen molar-refractivity contribution in [2.75, 3.05) is 52.4 Å². The first kappa shape index (κ1) is 109. The van der Waals surface area contributed by atoms with Crippen LogP contribution in [0.25, 0.3) is 0 Å². The Morgan fingerprint density at radius 1 is 0.393 bits per heavy atom. The Bertz CT molecular complexity index is 5350. The molecule has 4 unspecified atom stereocenters. The number of hydrogen-bond acceptors (Lipinski definition) is 13. The van der Waals surface area contributed by atoms with Crippen LogP contribution in [0.2, 0.25) is 19.6 Å². The number of halogens is 6. The maximum Gasteiger partial charge on any atom is 0.410 e. The van der Waals surface area contributed by atoms with Gasteiger partial charge in [0.2, 0.25) is 0 Å². The zero-order chi connectivity index (χ0) is 99.1. The Morgan fingerprint density at radius 3 is 0.904 bits per heavy atom. The molecule has 8 aromatic carbocycles. The van der Waals surface area contributed by atoms with Crippen molar-refractivity contribution in [2.45, 2.75) is 226 Å². The van der Waals surface area contributed by atoms with Gasteiger partial charge in [-0.15, -0.1) is 12.0 Å². The zero-order valence-corrected chi connectivity index (χ0v) is 84.5. The van der Waals surface area contributed by atoms with Gasteiger partial charge in [0.25, 0.3) is 17.7 Å². The molecule has 7 amide bonds. The van der Waals surface area contributed by atoms with Gasteiger partial charge in [0, 0.05) is 75.1 Å². The minimum absolute atomic E-state index is 0.0503. The second kappa shape index (κ2) is 51.0. The lowest BCUT2D eigenvalue weighted by Gasteiger charge is -2.35. The minimum Gasteiger partial charge on any atom is -0.478 e. The Balaban J connectivity index is 0.000000215. The highest BCUT2D eigenvalue weighted by Crippen LogP contribution is 2.36. The number of nitrogens with one attached hydrogen (secondary N) is 3. The standard InChI is InChI=1S/C30H39FN2O3Si.C27H31FN2O3.C25H30BrFN2O3.C18H28N2O2.C7H4BrFO2/c1-30(2,3)36-29(35)33-17-14-22(15-18-33)20-27(24-10-8-7-9-11-24)32-28(34)25-13-12-23(26(31)21-25)16-19-37(4,5)6;1-5-20-11-12-22(18-23(20)28)25(31)29-24(21-9-7-6-8-10-21)17-19-13-15-30(16-14-19)26(32)33-27(2,3)4;1-25(2,3)32-24(31)29-13-11-17(12-14-29)15-22(18-7-5-4-6-8-18)28-23(30)19-9-10-20(26)21(27)16-19;1-18(2,3)22-17(21)20-11-9-14(10-12-20)13-16(19)15-7-5-4-6-8-15;8-5-2-1-4(7(10)11)3-6(5)9/h7-13,21-22,27H,14-15,17-18,20H2,1-6H3,(H,32,34);1,6-12,18-19,24H,13-17H2,2-4H3,(H,29,31);4-10,16-17,22H,11-15H2,1-3H3,(H,28,30);4-8,14,16H,9-13,19H2,1-3H3;1-3H,(H,10,11). The van der Waals surface area contributed by atoms with Crippen LogP contribution in [0.3, 0.4) is 0 Å². The summed E-state index contributed by atoms with van der Waals surface area (Å²) in [5, 5.41) is 17.7. The van der Waals surface area contributed by atoms with Crippen LogP contribution < -0.4 is 21.7 Å². The largest absolute Gasteiger partial charge is 0.478 e. The molecule has 4 aliphatic rings. The molecule has 0 radical (unpaired) electrons. The predicted molar refractivity (Wildman–Crippen MR) is 530 cm³/mol. The van der Waals surface area contributed by atoms with Crippen molar-refractivity contribution in [3.63, 3.8) is 0 Å². The minimum atomic E-state index is -1.64. The van der Waals surface area contributed by atoms with Crippen LogP contribution in [-0.4, -0.2) is 156 Å². The number of nitrogens with two attached hydrogens (primary N) is 1. The van der Waals surface area contributed by atoms with E-state index in [4.69, 9.17) is 36.2 Å². The Labute approximate surface area is 812 Å². The third kappa shape index (κ3) is 38.1. The normalized spacial score (nSPS) is 15.5. The lowest BCUT2D eigenvalue weighted by Crippen LogP contribution is -2.42. The summed E-state index contributed by atoms with van der Waals surface area (Å²) < 4.78 is 77.8. The average Bonchev–Trinajstić information content (AvgIpc) is 0.837. The molecule has 4 saturated heterocycles. The van der Waals surface area contributed by atoms with Gasteiger partial charge < -0.3 is 65.3 Å². The molecule has 4 atom stereocenters. The van der Waals surface area contributed by atoms with Crippen LogP contribution >= 0.6 is 31.9 Å². The van der Waals surface area contributed by atoms with Crippen LogP contribution in [0.15, 0.2) is 203 Å². The number of hydrogen-bond donors (Lipinski definition) is 5. The van der Waals surface area contributed by atoms with Gasteiger partial charge in [-0.05, 0) is 311 Å². The summed E-state index contributed by atoms with van der Waals surface area (Å²) in [7, 11) is -1.64. The molecule has 6 N–H and O–H groups in total. The lowest BCUT2D eigenvalue weighted by molar-refractivity contribution is 0.0167. The first-order valence-electron chi connectivity index (χ1n) is 46.1. The molecular weight excluding hydrogens is 1870 g/mol. The third-order valence-corrected chi connectivity index (χ3v) is 24.8. The van der Waals surface area contributed by atoms with Crippen LogP contribution in [0.4, 0.5) is 36.7 Å². The van der Waals surface area contributed by atoms with Gasteiger partial charge >= 0.3 is 30.3 Å². The van der Waals surface area contributed by atoms with Crippen LogP contribution in [-0.2, 0) is 18.9 Å². The van der Waals surface area contributed by atoms with Gasteiger partial charge in [0.15, 0.2) is 0 Å². The van der Waals surface area contributed by atoms with E-state index >= 15 is 0 Å². The molecule has 724 valence electrons. The molecule has 8 aromatic rings. The number of ether oxygens (including phenoxy) is 4. The number of piperidine rings is 4. The summed E-state index contributed by atoms with van der Waals surface area (Å²) >= 11 is 6.03. The number of aromatic carboxylic acids is 1. The number of benzene rings is 8. The number of carboxylic acid groups (broad SMARTS) is 1. The molecule has 21 nitrogen and oxygen atoms in total. The van der Waals surface area contributed by atoms with E-state index in [1.807, 2.05) is 197 Å². The molecule has 4 heterocycles. The summed E-state index contributed by atoms with van der Waals surface area (Å²) in [5.41, 5.74) is 12.9. The maximum atomic E-state index is 14.7. The number of terminal acetylenes is 1. The molecule has 0 aliphatic carbocycles. The van der Waals surface area contributed by atoms with Gasteiger partial charge in [0.1, 0.15) is 53.7 Å². The van der Waals surface area contributed by atoms with Gasteiger partial charge in [0.05, 0.1) is 43.8 Å². The van der Waals surface area contributed by atoms with E-state index in [-0.39, 0.29) is 98.6 Å². The van der Waals surface area contributed by atoms with Crippen molar-refractivity contribution >= 4 is 88.0 Å². The van der Waals surface area contributed by atoms with Crippen molar-refractivity contribution < 1.29 is 80.0 Å². The van der Waals surface area contributed by atoms with Crippen LogP contribution in [0.5, 0.6) is 0 Å². The molecule has 4 aliphatic heterocycles. The fourth-order valence-corrected chi connectivity index (χ4v) is 16.6. The first-order chi connectivity index (χ1) is 63.5. The summed E-state index contributed by atoms with van der Waals surface area (Å²) in [5.74, 6) is 2.58. The molecule has 0 spiro atoms. The summed E-state index contributed by atoms with van der Waals surface area (Å²) in [6.45, 7) is 34.0. The Morgan fingerprint density at radius 2 is 0.644 bits per heavy atom.